The summed E-state index contributed by atoms with van der Waals surface area (Å²) in [5.74, 6) is -2.09. The van der Waals surface area contributed by atoms with E-state index in [1.165, 1.54) is 23.9 Å². The first-order chi connectivity index (χ1) is 14.2. The highest BCUT2D eigenvalue weighted by Crippen LogP contribution is 2.28. The normalized spacial score (nSPS) is 12.8. The third-order valence-electron chi connectivity index (χ3n) is 4.22. The molecule has 3 rings (SSSR count). The molecule has 30 heavy (non-hydrogen) atoms. The highest BCUT2D eigenvalue weighted by molar-refractivity contribution is 7.98. The number of thiazole rings is 1. The van der Waals surface area contributed by atoms with Gasteiger partial charge in [-0.15, -0.1) is 0 Å². The highest BCUT2D eigenvalue weighted by atomic mass is 32.2. The zero-order valence-corrected chi connectivity index (χ0v) is 18.6. The van der Waals surface area contributed by atoms with Crippen LogP contribution in [0.5, 0.6) is 0 Å². The molecule has 0 saturated heterocycles. The number of carbonyl (C=O) groups is 1. The first-order valence-electron chi connectivity index (χ1n) is 8.84. The third kappa shape index (κ3) is 5.34. The van der Waals surface area contributed by atoms with Crippen LogP contribution >= 0.6 is 23.1 Å². The van der Waals surface area contributed by atoms with Crippen molar-refractivity contribution in [1.82, 2.24) is 9.71 Å². The van der Waals surface area contributed by atoms with Gasteiger partial charge in [-0.25, -0.2) is 22.2 Å². The van der Waals surface area contributed by atoms with Crippen LogP contribution in [0, 0.1) is 18.6 Å². The van der Waals surface area contributed by atoms with Gasteiger partial charge in [-0.2, -0.15) is 16.5 Å². The maximum atomic E-state index is 13.4. The van der Waals surface area contributed by atoms with E-state index in [9.17, 15) is 22.0 Å². The van der Waals surface area contributed by atoms with Crippen LogP contribution in [-0.2, 0) is 14.8 Å². The van der Waals surface area contributed by atoms with Crippen molar-refractivity contribution in [3.8, 4) is 0 Å². The summed E-state index contributed by atoms with van der Waals surface area (Å²) in [6, 6.07) is 7.20. The molecule has 2 N–H and O–H groups in total. The van der Waals surface area contributed by atoms with Gasteiger partial charge in [-0.3, -0.25) is 4.79 Å². The van der Waals surface area contributed by atoms with Crippen LogP contribution in [-0.4, -0.2) is 37.4 Å². The predicted octanol–water partition coefficient (Wildman–Crippen LogP) is 3.92. The summed E-state index contributed by atoms with van der Waals surface area (Å²) in [4.78, 5) is 16.9. The Morgan fingerprint density at radius 1 is 1.20 bits per heavy atom. The lowest BCUT2D eigenvalue weighted by atomic mass is 10.2. The molecule has 2 aromatic carbocycles. The van der Waals surface area contributed by atoms with E-state index in [0.29, 0.717) is 10.5 Å². The molecule has 160 valence electrons. The quantitative estimate of drug-likeness (QED) is 0.520. The van der Waals surface area contributed by atoms with E-state index in [-0.39, 0.29) is 22.0 Å². The number of fused-ring (bicyclic) bond motifs is 1. The van der Waals surface area contributed by atoms with E-state index in [1.54, 1.807) is 12.1 Å². The Morgan fingerprint density at radius 3 is 2.53 bits per heavy atom. The smallest absolute Gasteiger partial charge is 0.244 e. The second-order valence-corrected chi connectivity index (χ2v) is 10.2. The molecular formula is C19H19F2N3O3S3. The highest BCUT2D eigenvalue weighted by Gasteiger charge is 2.26. The number of hydrogen-bond donors (Lipinski definition) is 2. The maximum absolute atomic E-state index is 13.4. The molecular weight excluding hydrogens is 452 g/mol. The average Bonchev–Trinajstić information content (AvgIpc) is 3.06. The lowest BCUT2D eigenvalue weighted by Gasteiger charge is -2.17. The third-order valence-corrected chi connectivity index (χ3v) is 7.28. The lowest BCUT2D eigenvalue weighted by Crippen LogP contribution is -2.44. The number of halogens is 2. The van der Waals surface area contributed by atoms with Crippen LogP contribution in [0.3, 0.4) is 0 Å². The molecule has 0 aliphatic carbocycles. The van der Waals surface area contributed by atoms with E-state index >= 15 is 0 Å². The van der Waals surface area contributed by atoms with Gasteiger partial charge in [0.25, 0.3) is 0 Å². The second kappa shape index (κ2) is 9.38. The largest absolute Gasteiger partial charge is 0.301 e. The van der Waals surface area contributed by atoms with E-state index in [2.05, 4.69) is 15.0 Å². The van der Waals surface area contributed by atoms with Crippen LogP contribution in [0.4, 0.5) is 13.9 Å². The number of sulfonamides is 1. The SMILES string of the molecule is CSCCC(NS(=O)(=O)c1ccc(C)cc1)C(=O)Nc1nc2cc(F)c(F)cc2s1. The summed E-state index contributed by atoms with van der Waals surface area (Å²) < 4.78 is 55.0. The Labute approximate surface area is 181 Å². The van der Waals surface area contributed by atoms with Crippen molar-refractivity contribution < 1.29 is 22.0 Å². The van der Waals surface area contributed by atoms with Crippen LogP contribution in [0.1, 0.15) is 12.0 Å². The monoisotopic (exact) mass is 471 g/mol. The fraction of sp³-hybridized carbons (Fsp3) is 0.263. The standard InChI is InChI=1S/C19H19F2N3O3S3/c1-11-3-5-12(6-4-11)30(26,27)24-15(7-8-28-2)18(25)23-19-22-16-9-13(20)14(21)10-17(16)29-19/h3-6,9-10,15,24H,7-8H2,1-2H3,(H,22,23,25). The summed E-state index contributed by atoms with van der Waals surface area (Å²) >= 11 is 2.45. The molecule has 1 aromatic heterocycles. The molecule has 1 unspecified atom stereocenters. The fourth-order valence-electron chi connectivity index (χ4n) is 2.62. The number of aryl methyl sites for hydroxylation is 1. The minimum absolute atomic E-state index is 0.0565. The molecule has 11 heteroatoms. The number of rotatable bonds is 8. The van der Waals surface area contributed by atoms with E-state index in [4.69, 9.17) is 0 Å². The summed E-state index contributed by atoms with van der Waals surface area (Å²) in [7, 11) is -3.92. The van der Waals surface area contributed by atoms with Gasteiger partial charge in [0.05, 0.1) is 15.1 Å². The number of thioether (sulfide) groups is 1. The Hall–Kier alpha value is -2.08. The van der Waals surface area contributed by atoms with Gasteiger partial charge in [-0.1, -0.05) is 29.0 Å². The first-order valence-corrected chi connectivity index (χ1v) is 12.5. The van der Waals surface area contributed by atoms with Crippen molar-refractivity contribution in [3.05, 3.63) is 53.6 Å². The summed E-state index contributed by atoms with van der Waals surface area (Å²) in [5, 5.41) is 2.68. The summed E-state index contributed by atoms with van der Waals surface area (Å²) in [5.41, 5.74) is 1.12. The number of aromatic nitrogens is 1. The van der Waals surface area contributed by atoms with Crippen LogP contribution in [0.2, 0.25) is 0 Å². The molecule has 1 atom stereocenters. The number of hydrogen-bond acceptors (Lipinski definition) is 6. The summed E-state index contributed by atoms with van der Waals surface area (Å²) in [6.45, 7) is 1.84. The zero-order valence-electron chi connectivity index (χ0n) is 16.1. The molecule has 0 aliphatic heterocycles. The van der Waals surface area contributed by atoms with Gasteiger partial charge in [0.1, 0.15) is 6.04 Å². The molecule has 0 bridgehead atoms. The summed E-state index contributed by atoms with van der Waals surface area (Å²) in [6.07, 6.45) is 2.10. The van der Waals surface area contributed by atoms with Crippen molar-refractivity contribution in [2.75, 3.05) is 17.3 Å². The van der Waals surface area contributed by atoms with Gasteiger partial charge in [0, 0.05) is 6.07 Å². The van der Waals surface area contributed by atoms with Crippen molar-refractivity contribution in [2.45, 2.75) is 24.3 Å². The Morgan fingerprint density at radius 2 is 1.87 bits per heavy atom. The molecule has 0 spiro atoms. The molecule has 1 heterocycles. The number of amides is 1. The number of nitrogens with zero attached hydrogens (tertiary/aromatic N) is 1. The minimum Gasteiger partial charge on any atom is -0.301 e. The van der Waals surface area contributed by atoms with E-state index < -0.39 is 33.6 Å². The second-order valence-electron chi connectivity index (χ2n) is 6.51. The molecule has 0 radical (unpaired) electrons. The van der Waals surface area contributed by atoms with Gasteiger partial charge in [-0.05, 0) is 43.6 Å². The van der Waals surface area contributed by atoms with Crippen molar-refractivity contribution in [2.24, 2.45) is 0 Å². The molecule has 0 fully saturated rings. The number of carbonyl (C=O) groups excluding carboxylic acids is 1. The van der Waals surface area contributed by atoms with Gasteiger partial charge < -0.3 is 5.32 Å². The minimum atomic E-state index is -3.92. The molecule has 1 amide bonds. The van der Waals surface area contributed by atoms with Crippen LogP contribution in [0.15, 0.2) is 41.3 Å². The Bertz CT molecular complexity index is 1130. The average molecular weight is 472 g/mol. The predicted molar refractivity (Wildman–Crippen MR) is 116 cm³/mol. The number of benzene rings is 2. The Balaban J connectivity index is 1.80. The molecule has 3 aromatic rings. The van der Waals surface area contributed by atoms with Gasteiger partial charge >= 0.3 is 0 Å². The molecule has 0 saturated carbocycles. The van der Waals surface area contributed by atoms with Crippen molar-refractivity contribution in [1.29, 1.82) is 0 Å². The number of anilines is 1. The van der Waals surface area contributed by atoms with Crippen LogP contribution < -0.4 is 10.0 Å². The topological polar surface area (TPSA) is 88.2 Å². The van der Waals surface area contributed by atoms with E-state index in [1.807, 2.05) is 13.2 Å². The zero-order chi connectivity index (χ0) is 21.9. The maximum Gasteiger partial charge on any atom is 0.244 e. The lowest BCUT2D eigenvalue weighted by molar-refractivity contribution is -0.117. The fourth-order valence-corrected chi connectivity index (χ4v) is 5.20. The van der Waals surface area contributed by atoms with E-state index in [0.717, 1.165) is 29.0 Å². The Kier molecular flexibility index (Phi) is 7.06. The first kappa shape index (κ1) is 22.6. The van der Waals surface area contributed by atoms with Gasteiger partial charge in [0.15, 0.2) is 16.8 Å². The van der Waals surface area contributed by atoms with Crippen molar-refractivity contribution >= 4 is 54.4 Å². The molecule has 6 nitrogen and oxygen atoms in total. The van der Waals surface area contributed by atoms with Gasteiger partial charge in [0.2, 0.25) is 15.9 Å². The number of nitrogens with one attached hydrogen (secondary N) is 2. The molecule has 0 aliphatic rings. The van der Waals surface area contributed by atoms with Crippen molar-refractivity contribution in [3.63, 3.8) is 0 Å². The van der Waals surface area contributed by atoms with Crippen LogP contribution in [0.25, 0.3) is 10.2 Å².